The van der Waals surface area contributed by atoms with E-state index in [9.17, 15) is 48.8 Å². The van der Waals surface area contributed by atoms with Crippen LogP contribution in [0.5, 0.6) is 0 Å². The zero-order valence-electron chi connectivity index (χ0n) is 29.7. The van der Waals surface area contributed by atoms with E-state index in [-0.39, 0.29) is 93.5 Å². The number of hydrogen-bond acceptors (Lipinski definition) is 11. The number of hydrogen-bond donors (Lipinski definition) is 6. The van der Waals surface area contributed by atoms with E-state index in [1.165, 1.54) is 4.90 Å². The molecule has 1 radical (unpaired) electrons. The summed E-state index contributed by atoms with van der Waals surface area (Å²) in [6, 6.07) is 18.5. The SMILES string of the molecule is O.O=C(O)CN(CCN(CC(=O)O)C[C@H](COP(=O)(O)OC1CCC(c2ccccc2)(c2ccccc2)CC1)N(CC(=O)O)CC(=O)O)CC(=O)O.[Gd+3].[Na+]. The van der Waals surface area contributed by atoms with Crippen molar-refractivity contribution in [3.63, 3.8) is 0 Å². The molecule has 0 amide bonds. The van der Waals surface area contributed by atoms with Gasteiger partial charge >= 0.3 is 107 Å². The Hall–Kier alpha value is -1.94. The minimum atomic E-state index is -4.84. The molecule has 8 N–H and O–H groups in total. The van der Waals surface area contributed by atoms with Crippen LogP contribution >= 0.6 is 7.82 Å². The van der Waals surface area contributed by atoms with Crippen LogP contribution in [0.1, 0.15) is 36.8 Å². The second kappa shape index (κ2) is 25.3. The maximum absolute atomic E-state index is 13.3. The quantitative estimate of drug-likeness (QED) is 0.0516. The Kier molecular flexibility index (Phi) is 24.4. The van der Waals surface area contributed by atoms with Gasteiger partial charge in [0.25, 0.3) is 0 Å². The summed E-state index contributed by atoms with van der Waals surface area (Å²) in [5, 5.41) is 46.8. The van der Waals surface area contributed by atoms with E-state index >= 15 is 0 Å². The van der Waals surface area contributed by atoms with E-state index in [1.54, 1.807) is 0 Å². The molecule has 1 unspecified atom stereocenters. The van der Waals surface area contributed by atoms with Crippen LogP contribution in [0.2, 0.25) is 0 Å². The Balaban J connectivity index is 0.00000936. The number of benzene rings is 2. The average Bonchev–Trinajstić information content (AvgIpc) is 3.05. The number of aliphatic carboxylic acids is 5. The van der Waals surface area contributed by atoms with Gasteiger partial charge in [0, 0.05) is 31.1 Å². The number of carbonyl (C=O) groups is 5. The van der Waals surface area contributed by atoms with Gasteiger partial charge in [-0.25, -0.2) is 4.57 Å². The summed E-state index contributed by atoms with van der Waals surface area (Å²) in [7, 11) is -4.84. The van der Waals surface area contributed by atoms with Crippen LogP contribution in [-0.4, -0.2) is 152 Å². The van der Waals surface area contributed by atoms with Crippen LogP contribution in [0.3, 0.4) is 0 Å². The van der Waals surface area contributed by atoms with Gasteiger partial charge in [-0.2, -0.15) is 0 Å². The van der Waals surface area contributed by atoms with Crippen molar-refractivity contribution >= 4 is 37.7 Å². The number of phosphoric ester groups is 1. The van der Waals surface area contributed by atoms with Gasteiger partial charge < -0.3 is 35.9 Å². The number of nitrogens with zero attached hydrogens (tertiary/aromatic N) is 3. The van der Waals surface area contributed by atoms with E-state index in [1.807, 2.05) is 60.7 Å². The molecule has 0 aliphatic heterocycles. The second-order valence-corrected chi connectivity index (χ2v) is 13.8. The first-order valence-electron chi connectivity index (χ1n) is 16.1. The summed E-state index contributed by atoms with van der Waals surface area (Å²) < 4.78 is 24.2. The molecule has 1 saturated carbocycles. The predicted octanol–water partition coefficient (Wildman–Crippen LogP) is -2.07. The molecule has 0 heterocycles. The monoisotopic (exact) mass is 936 g/mol. The minimum Gasteiger partial charge on any atom is -0.480 e. The third kappa shape index (κ3) is 17.9. The van der Waals surface area contributed by atoms with Gasteiger partial charge in [-0.15, -0.1) is 0 Å². The van der Waals surface area contributed by atoms with Gasteiger partial charge in [-0.3, -0.25) is 47.7 Å². The number of carboxylic acid groups (broad SMARTS) is 5. The first-order valence-corrected chi connectivity index (χ1v) is 17.6. The fourth-order valence-corrected chi connectivity index (χ4v) is 7.39. The summed E-state index contributed by atoms with van der Waals surface area (Å²) in [4.78, 5) is 71.4. The fraction of sp³-hybridized carbons (Fsp3) is 0.485. The van der Waals surface area contributed by atoms with Gasteiger partial charge in [-0.1, -0.05) is 60.7 Å². The third-order valence-corrected chi connectivity index (χ3v) is 9.66. The van der Waals surface area contributed by atoms with Gasteiger partial charge in [0.1, 0.15) is 0 Å². The normalized spacial score (nSPS) is 15.6. The Morgan fingerprint density at radius 3 is 1.50 bits per heavy atom. The summed E-state index contributed by atoms with van der Waals surface area (Å²) in [5.74, 6) is -6.89. The van der Waals surface area contributed by atoms with E-state index in [0.29, 0.717) is 25.7 Å². The summed E-state index contributed by atoms with van der Waals surface area (Å²) in [6.07, 6.45) is 1.27. The number of carboxylic acids is 5. The average molecular weight is 936 g/mol. The molecule has 2 aromatic rings. The molecular weight excluding hydrogens is 890 g/mol. The molecule has 0 aromatic heterocycles. The summed E-state index contributed by atoms with van der Waals surface area (Å²) >= 11 is 0. The molecule has 2 atom stereocenters. The zero-order valence-corrected chi connectivity index (χ0v) is 34.9. The molecule has 0 spiro atoms. The van der Waals surface area contributed by atoms with Crippen molar-refractivity contribution in [3.8, 4) is 0 Å². The fourth-order valence-electron chi connectivity index (χ4n) is 6.39. The molecule has 18 nitrogen and oxygen atoms in total. The molecule has 1 aliphatic rings. The third-order valence-electron chi connectivity index (χ3n) is 8.62. The van der Waals surface area contributed by atoms with Crippen LogP contribution in [0.15, 0.2) is 60.7 Å². The minimum absolute atomic E-state index is 0. The van der Waals surface area contributed by atoms with Crippen molar-refractivity contribution in [2.75, 3.05) is 59.0 Å². The van der Waals surface area contributed by atoms with Gasteiger partial charge in [-0.05, 0) is 36.8 Å². The molecular formula is C33H46GdN3NaO15P+4. The number of rotatable bonds is 23. The maximum atomic E-state index is 13.3. The molecule has 21 heteroatoms. The van der Waals surface area contributed by atoms with E-state index in [0.717, 1.165) is 20.9 Å². The van der Waals surface area contributed by atoms with Crippen LogP contribution in [-0.2, 0) is 43.0 Å². The second-order valence-electron chi connectivity index (χ2n) is 12.4. The Bertz CT molecular complexity index is 1460. The van der Waals surface area contributed by atoms with Crippen molar-refractivity contribution < 1.29 is 143 Å². The maximum Gasteiger partial charge on any atom is 3.00 e. The Labute approximate surface area is 366 Å². The first-order chi connectivity index (χ1) is 24.1. The van der Waals surface area contributed by atoms with Crippen molar-refractivity contribution in [1.82, 2.24) is 14.7 Å². The molecule has 1 fully saturated rings. The molecule has 54 heavy (non-hydrogen) atoms. The molecule has 3 rings (SSSR count). The number of phosphoric acid groups is 1. The van der Waals surface area contributed by atoms with Gasteiger partial charge in [0.2, 0.25) is 0 Å². The van der Waals surface area contributed by atoms with E-state index < -0.39 is 95.7 Å². The topological polar surface area (TPSA) is 283 Å². The largest absolute Gasteiger partial charge is 3.00 e. The summed E-state index contributed by atoms with van der Waals surface area (Å²) in [6.45, 7) is -5.40. The van der Waals surface area contributed by atoms with Crippen LogP contribution in [0.4, 0.5) is 0 Å². The van der Waals surface area contributed by atoms with Gasteiger partial charge in [0.15, 0.2) is 0 Å². The molecule has 0 saturated heterocycles. The van der Waals surface area contributed by atoms with E-state index in [2.05, 4.69) is 0 Å². The smallest absolute Gasteiger partial charge is 0.480 e. The van der Waals surface area contributed by atoms with Crippen molar-refractivity contribution in [3.05, 3.63) is 71.8 Å². The van der Waals surface area contributed by atoms with Crippen molar-refractivity contribution in [2.24, 2.45) is 0 Å². The van der Waals surface area contributed by atoms with Crippen LogP contribution in [0.25, 0.3) is 0 Å². The molecule has 2 aromatic carbocycles. The van der Waals surface area contributed by atoms with Crippen molar-refractivity contribution in [2.45, 2.75) is 43.2 Å². The molecule has 293 valence electrons. The van der Waals surface area contributed by atoms with Crippen molar-refractivity contribution in [1.29, 1.82) is 0 Å². The van der Waals surface area contributed by atoms with Crippen LogP contribution in [0, 0.1) is 39.9 Å². The van der Waals surface area contributed by atoms with Gasteiger partial charge in [0.05, 0.1) is 45.4 Å². The first kappa shape index (κ1) is 52.1. The standard InChI is InChI=1S/C33H44N3O14P.Gd.Na.H2O/c37-28(38)18-34(15-16-35(19-29(39)40)20-30(41)42)17-26(36(21-31(43)44)22-32(45)46)23-49-51(47,48)50-27-11-13-33(14-12-27,24-7-3-1-4-8-24)25-9-5-2-6-10-25;;;/h1-10,26-27H,11-23H2,(H,37,38)(H,39,40)(H,41,42)(H,43,44)(H,45,46)(H,47,48);;;1H2/q;+3;+1;/t26-;;;/m1.../s1. The molecule has 1 aliphatic carbocycles. The Morgan fingerprint density at radius 1 is 0.704 bits per heavy atom. The Morgan fingerprint density at radius 2 is 1.09 bits per heavy atom. The predicted molar refractivity (Wildman–Crippen MR) is 183 cm³/mol. The molecule has 0 bridgehead atoms. The zero-order chi connectivity index (χ0) is 37.6. The summed E-state index contributed by atoms with van der Waals surface area (Å²) in [5.41, 5.74) is 1.83. The van der Waals surface area contributed by atoms with E-state index in [4.69, 9.17) is 19.3 Å². The van der Waals surface area contributed by atoms with Crippen LogP contribution < -0.4 is 29.6 Å².